The van der Waals surface area contributed by atoms with Crippen LogP contribution in [0.15, 0.2) is 36.5 Å². The molecule has 0 N–H and O–H groups in total. The lowest BCUT2D eigenvalue weighted by molar-refractivity contribution is 0.0327. The molecule has 0 spiro atoms. The molecule has 0 radical (unpaired) electrons. The van der Waals surface area contributed by atoms with E-state index in [1.54, 1.807) is 30.8 Å². The highest BCUT2D eigenvalue weighted by atomic mass is 35.5. The first-order chi connectivity index (χ1) is 9.90. The summed E-state index contributed by atoms with van der Waals surface area (Å²) in [5.41, 5.74) is 1.56. The molecule has 0 aliphatic heterocycles. The number of rotatable bonds is 4. The Morgan fingerprint density at radius 1 is 1.29 bits per heavy atom. The summed E-state index contributed by atoms with van der Waals surface area (Å²) in [4.78, 5) is 23.5. The van der Waals surface area contributed by atoms with Crippen molar-refractivity contribution < 1.29 is 14.3 Å². The van der Waals surface area contributed by atoms with Crippen LogP contribution in [0.5, 0.6) is 0 Å². The highest BCUT2D eigenvalue weighted by molar-refractivity contribution is 6.31. The first-order valence-corrected chi connectivity index (χ1v) is 6.90. The summed E-state index contributed by atoms with van der Waals surface area (Å²) < 4.78 is 7.00. The van der Waals surface area contributed by atoms with Gasteiger partial charge < -0.3 is 9.30 Å². The molecule has 21 heavy (non-hydrogen) atoms. The minimum Gasteiger partial charge on any atom is -0.453 e. The zero-order valence-corrected chi connectivity index (χ0v) is 12.8. The summed E-state index contributed by atoms with van der Waals surface area (Å²) in [7, 11) is 1.70. The number of aryl methyl sites for hydroxylation is 1. The Balaban J connectivity index is 2.18. The van der Waals surface area contributed by atoms with Crippen molar-refractivity contribution in [3.63, 3.8) is 0 Å². The largest absolute Gasteiger partial charge is 0.453 e. The van der Waals surface area contributed by atoms with Gasteiger partial charge in [0.1, 0.15) is 11.8 Å². The topological polar surface area (TPSA) is 48.3 Å². The number of ether oxygens (including phenoxy) is 1. The third-order valence-electron chi connectivity index (χ3n) is 3.25. The molecule has 0 bridgehead atoms. The smallest absolute Gasteiger partial charge is 0.355 e. The number of Topliss-reactive ketones (excluding diaryl/α,β-unsaturated/α-hetero) is 1. The standard InChI is InChI=1S/C16H16ClNO3/c1-10(19)12-8-15(18(3)9-12)16(20)21-11(2)13-6-4-5-7-14(13)17/h4-9,11H,1-3H3/t11-/m1/s1. The first-order valence-electron chi connectivity index (χ1n) is 6.53. The minimum absolute atomic E-state index is 0.0937. The maximum atomic E-state index is 12.2. The molecule has 2 rings (SSSR count). The van der Waals surface area contributed by atoms with Crippen LogP contribution in [0.25, 0.3) is 0 Å². The number of carbonyl (C=O) groups excluding carboxylic acids is 2. The fraction of sp³-hybridized carbons (Fsp3) is 0.250. The monoisotopic (exact) mass is 305 g/mol. The van der Waals surface area contributed by atoms with Crippen molar-refractivity contribution in [2.24, 2.45) is 7.05 Å². The van der Waals surface area contributed by atoms with Gasteiger partial charge in [0.2, 0.25) is 0 Å². The number of benzene rings is 1. The molecule has 0 amide bonds. The average Bonchev–Trinajstić information content (AvgIpc) is 2.81. The van der Waals surface area contributed by atoms with Crippen LogP contribution in [0.4, 0.5) is 0 Å². The van der Waals surface area contributed by atoms with E-state index >= 15 is 0 Å². The number of esters is 1. The van der Waals surface area contributed by atoms with E-state index in [0.717, 1.165) is 5.56 Å². The zero-order chi connectivity index (χ0) is 15.6. The van der Waals surface area contributed by atoms with Gasteiger partial charge >= 0.3 is 5.97 Å². The van der Waals surface area contributed by atoms with E-state index in [2.05, 4.69) is 0 Å². The summed E-state index contributed by atoms with van der Waals surface area (Å²) in [6, 6.07) is 8.74. The van der Waals surface area contributed by atoms with Gasteiger partial charge in [0.05, 0.1) is 0 Å². The molecule has 1 heterocycles. The second kappa shape index (κ2) is 6.14. The molecule has 1 aromatic heterocycles. The van der Waals surface area contributed by atoms with Crippen LogP contribution in [-0.4, -0.2) is 16.3 Å². The number of ketones is 1. The normalized spacial score (nSPS) is 12.0. The molecular weight excluding hydrogens is 290 g/mol. The number of hydrogen-bond donors (Lipinski definition) is 0. The van der Waals surface area contributed by atoms with Gasteiger partial charge in [0.25, 0.3) is 0 Å². The van der Waals surface area contributed by atoms with Crippen molar-refractivity contribution in [2.75, 3.05) is 0 Å². The van der Waals surface area contributed by atoms with E-state index in [-0.39, 0.29) is 5.78 Å². The molecule has 0 aliphatic carbocycles. The molecule has 0 fully saturated rings. The Hall–Kier alpha value is -2.07. The van der Waals surface area contributed by atoms with Crippen molar-refractivity contribution in [1.29, 1.82) is 0 Å². The maximum absolute atomic E-state index is 12.2. The second-order valence-corrected chi connectivity index (χ2v) is 5.26. The fourth-order valence-electron chi connectivity index (χ4n) is 2.05. The number of halogens is 1. The Kier molecular flexibility index (Phi) is 4.48. The lowest BCUT2D eigenvalue weighted by atomic mass is 10.1. The quantitative estimate of drug-likeness (QED) is 0.637. The first kappa shape index (κ1) is 15.3. The molecule has 0 unspecified atom stereocenters. The molecule has 5 heteroatoms. The van der Waals surface area contributed by atoms with E-state index < -0.39 is 12.1 Å². The molecule has 0 aliphatic rings. The summed E-state index contributed by atoms with van der Waals surface area (Å²) >= 11 is 6.08. The maximum Gasteiger partial charge on any atom is 0.355 e. The van der Waals surface area contributed by atoms with E-state index in [4.69, 9.17) is 16.3 Å². The van der Waals surface area contributed by atoms with Crippen LogP contribution >= 0.6 is 11.6 Å². The summed E-state index contributed by atoms with van der Waals surface area (Å²) in [5, 5.41) is 0.550. The Morgan fingerprint density at radius 2 is 1.95 bits per heavy atom. The molecule has 0 saturated carbocycles. The molecule has 110 valence electrons. The Bertz CT molecular complexity index is 691. The Morgan fingerprint density at radius 3 is 2.52 bits per heavy atom. The van der Waals surface area contributed by atoms with Gasteiger partial charge in [-0.2, -0.15) is 0 Å². The fourth-order valence-corrected chi connectivity index (χ4v) is 2.34. The van der Waals surface area contributed by atoms with Crippen LogP contribution < -0.4 is 0 Å². The Labute approximate surface area is 128 Å². The van der Waals surface area contributed by atoms with E-state index in [1.807, 2.05) is 18.2 Å². The van der Waals surface area contributed by atoms with Crippen molar-refractivity contribution in [3.05, 3.63) is 58.4 Å². The highest BCUT2D eigenvalue weighted by Gasteiger charge is 2.19. The minimum atomic E-state index is -0.489. The van der Waals surface area contributed by atoms with Gasteiger partial charge in [0.15, 0.2) is 5.78 Å². The molecule has 1 aromatic carbocycles. The van der Waals surface area contributed by atoms with Gasteiger partial charge in [0, 0.05) is 29.4 Å². The van der Waals surface area contributed by atoms with Crippen molar-refractivity contribution >= 4 is 23.4 Å². The van der Waals surface area contributed by atoms with Crippen molar-refractivity contribution in [2.45, 2.75) is 20.0 Å². The lowest BCUT2D eigenvalue weighted by Gasteiger charge is -2.15. The van der Waals surface area contributed by atoms with Crippen molar-refractivity contribution in [3.8, 4) is 0 Å². The summed E-state index contributed by atoms with van der Waals surface area (Å²) in [5.74, 6) is -0.582. The van der Waals surface area contributed by atoms with Gasteiger partial charge in [-0.05, 0) is 26.0 Å². The SMILES string of the molecule is CC(=O)c1cc(C(=O)O[C@H](C)c2ccccc2Cl)n(C)c1. The van der Waals surface area contributed by atoms with Gasteiger partial charge in [-0.3, -0.25) is 4.79 Å². The predicted octanol–water partition coefficient (Wildman–Crippen LogP) is 3.80. The highest BCUT2D eigenvalue weighted by Crippen LogP contribution is 2.26. The van der Waals surface area contributed by atoms with E-state index in [9.17, 15) is 9.59 Å². The van der Waals surface area contributed by atoms with Crippen molar-refractivity contribution in [1.82, 2.24) is 4.57 Å². The molecule has 1 atom stereocenters. The third-order valence-corrected chi connectivity index (χ3v) is 3.59. The average molecular weight is 306 g/mol. The van der Waals surface area contributed by atoms with Gasteiger partial charge in [-0.25, -0.2) is 4.79 Å². The van der Waals surface area contributed by atoms with E-state index in [0.29, 0.717) is 16.3 Å². The van der Waals surface area contributed by atoms with E-state index in [1.165, 1.54) is 13.0 Å². The number of nitrogens with zero attached hydrogens (tertiary/aromatic N) is 1. The van der Waals surface area contributed by atoms with Crippen LogP contribution in [-0.2, 0) is 11.8 Å². The number of hydrogen-bond acceptors (Lipinski definition) is 3. The summed E-state index contributed by atoms with van der Waals surface area (Å²) in [6.07, 6.45) is 1.14. The summed E-state index contributed by atoms with van der Waals surface area (Å²) in [6.45, 7) is 3.21. The second-order valence-electron chi connectivity index (χ2n) is 4.85. The molecule has 0 saturated heterocycles. The lowest BCUT2D eigenvalue weighted by Crippen LogP contribution is -2.12. The van der Waals surface area contributed by atoms with Gasteiger partial charge in [-0.1, -0.05) is 29.8 Å². The number of aromatic nitrogens is 1. The molecule has 4 nitrogen and oxygen atoms in total. The van der Waals surface area contributed by atoms with Crippen LogP contribution in [0.2, 0.25) is 5.02 Å². The van der Waals surface area contributed by atoms with Crippen LogP contribution in [0.3, 0.4) is 0 Å². The predicted molar refractivity (Wildman–Crippen MR) is 80.7 cm³/mol. The van der Waals surface area contributed by atoms with Crippen LogP contribution in [0.1, 0.15) is 46.4 Å². The third kappa shape index (κ3) is 3.34. The number of carbonyl (C=O) groups is 2. The van der Waals surface area contributed by atoms with Gasteiger partial charge in [-0.15, -0.1) is 0 Å². The zero-order valence-electron chi connectivity index (χ0n) is 12.1. The van der Waals surface area contributed by atoms with Crippen LogP contribution in [0, 0.1) is 0 Å². The molecular formula is C16H16ClNO3. The molecule has 2 aromatic rings.